The van der Waals surface area contributed by atoms with E-state index in [1.165, 1.54) is 20.1 Å². The topological polar surface area (TPSA) is 72.5 Å². The highest BCUT2D eigenvalue weighted by Gasteiger charge is 2.37. The van der Waals surface area contributed by atoms with Crippen molar-refractivity contribution in [3.63, 3.8) is 0 Å². The minimum absolute atomic E-state index is 0.562. The van der Waals surface area contributed by atoms with Crippen LogP contribution in [0.25, 0.3) is 6.08 Å². The zero-order chi connectivity index (χ0) is 17.6. The molecular formula is C18H19NO4S. The predicted octanol–water partition coefficient (Wildman–Crippen LogP) is 2.67. The summed E-state index contributed by atoms with van der Waals surface area (Å²) < 4.78 is 31.6. The number of methoxy groups -OCH3 is 1. The molecule has 0 spiro atoms. The lowest BCUT2D eigenvalue weighted by atomic mass is 9.95. The Morgan fingerprint density at radius 1 is 1.04 bits per heavy atom. The molecule has 0 saturated carbocycles. The van der Waals surface area contributed by atoms with Crippen LogP contribution < -0.4 is 4.72 Å². The zero-order valence-corrected chi connectivity index (χ0v) is 14.3. The fourth-order valence-corrected chi connectivity index (χ4v) is 2.95. The molecule has 6 heteroatoms. The second-order valence-electron chi connectivity index (χ2n) is 5.29. The first kappa shape index (κ1) is 17.9. The number of carbonyl (C=O) groups excluding carboxylic acids is 1. The standard InChI is InChI=1S/C18H19NO4S/c1-18(23-2,16-11-7-4-8-12-16)17(20)19-24(21,22)14-13-15-9-5-3-6-10-15/h3-14H,1-2H3,(H,19,20)/b14-13-/t18-/m1/s1. The Balaban J connectivity index is 2.19. The molecule has 0 bridgehead atoms. The number of carbonyl (C=O) groups is 1. The van der Waals surface area contributed by atoms with Crippen molar-refractivity contribution in [1.29, 1.82) is 0 Å². The van der Waals surface area contributed by atoms with Gasteiger partial charge in [-0.25, -0.2) is 13.1 Å². The molecule has 2 aromatic rings. The molecule has 2 rings (SSSR count). The molecule has 0 aliphatic rings. The number of rotatable bonds is 6. The molecule has 0 unspecified atom stereocenters. The molecule has 0 aliphatic heterocycles. The van der Waals surface area contributed by atoms with Gasteiger partial charge in [0.2, 0.25) is 0 Å². The lowest BCUT2D eigenvalue weighted by molar-refractivity contribution is -0.140. The van der Waals surface area contributed by atoms with Crippen LogP contribution in [0.3, 0.4) is 0 Å². The van der Waals surface area contributed by atoms with Gasteiger partial charge in [-0.05, 0) is 24.1 Å². The maximum atomic E-state index is 12.5. The first-order valence-corrected chi connectivity index (χ1v) is 8.83. The third-order valence-electron chi connectivity index (χ3n) is 3.64. The molecule has 126 valence electrons. The summed E-state index contributed by atoms with van der Waals surface area (Å²) in [6, 6.07) is 17.7. The van der Waals surface area contributed by atoms with Crippen molar-refractivity contribution < 1.29 is 17.9 Å². The summed E-state index contributed by atoms with van der Waals surface area (Å²) in [5.41, 5.74) is -0.130. The average molecular weight is 345 g/mol. The van der Waals surface area contributed by atoms with Crippen molar-refractivity contribution in [1.82, 2.24) is 4.72 Å². The highest BCUT2D eigenvalue weighted by atomic mass is 32.2. The van der Waals surface area contributed by atoms with Crippen LogP contribution in [0.4, 0.5) is 0 Å². The van der Waals surface area contributed by atoms with Gasteiger partial charge in [0.15, 0.2) is 5.60 Å². The summed E-state index contributed by atoms with van der Waals surface area (Å²) >= 11 is 0. The lowest BCUT2D eigenvalue weighted by Crippen LogP contribution is -2.45. The minimum Gasteiger partial charge on any atom is -0.364 e. The van der Waals surface area contributed by atoms with Crippen molar-refractivity contribution in [2.24, 2.45) is 0 Å². The Labute approximate surface area is 142 Å². The Hall–Kier alpha value is -2.44. The number of benzene rings is 2. The van der Waals surface area contributed by atoms with Crippen molar-refractivity contribution in [3.05, 3.63) is 77.2 Å². The van der Waals surface area contributed by atoms with E-state index in [2.05, 4.69) is 0 Å². The van der Waals surface area contributed by atoms with Gasteiger partial charge < -0.3 is 4.74 Å². The summed E-state index contributed by atoms with van der Waals surface area (Å²) in [4.78, 5) is 12.5. The second kappa shape index (κ2) is 7.42. The van der Waals surface area contributed by atoms with Crippen LogP contribution in [-0.4, -0.2) is 21.4 Å². The Bertz CT molecular complexity index is 817. The van der Waals surface area contributed by atoms with E-state index in [1.807, 2.05) is 10.8 Å². The third kappa shape index (κ3) is 4.31. The van der Waals surface area contributed by atoms with Gasteiger partial charge in [0, 0.05) is 7.11 Å². The average Bonchev–Trinajstić information content (AvgIpc) is 2.60. The van der Waals surface area contributed by atoms with Crippen LogP contribution >= 0.6 is 0 Å². The van der Waals surface area contributed by atoms with Crippen molar-refractivity contribution >= 4 is 22.0 Å². The van der Waals surface area contributed by atoms with E-state index in [1.54, 1.807) is 54.6 Å². The summed E-state index contributed by atoms with van der Waals surface area (Å²) in [5, 5.41) is 0.960. The van der Waals surface area contributed by atoms with E-state index in [9.17, 15) is 13.2 Å². The molecule has 0 saturated heterocycles. The van der Waals surface area contributed by atoms with Gasteiger partial charge in [0.1, 0.15) is 0 Å². The fourth-order valence-electron chi connectivity index (χ4n) is 2.09. The number of hydrogen-bond acceptors (Lipinski definition) is 4. The van der Waals surface area contributed by atoms with Gasteiger partial charge >= 0.3 is 0 Å². The van der Waals surface area contributed by atoms with Crippen LogP contribution in [-0.2, 0) is 25.2 Å². The van der Waals surface area contributed by atoms with Gasteiger partial charge in [0.25, 0.3) is 15.9 Å². The Morgan fingerprint density at radius 3 is 2.12 bits per heavy atom. The molecule has 5 nitrogen and oxygen atoms in total. The van der Waals surface area contributed by atoms with Gasteiger partial charge in [-0.1, -0.05) is 60.7 Å². The maximum absolute atomic E-state index is 12.5. The van der Waals surface area contributed by atoms with Gasteiger partial charge in [-0.2, -0.15) is 0 Å². The van der Waals surface area contributed by atoms with E-state index in [0.717, 1.165) is 5.41 Å². The van der Waals surface area contributed by atoms with Crippen LogP contribution in [0.2, 0.25) is 0 Å². The van der Waals surface area contributed by atoms with Crippen molar-refractivity contribution in [3.8, 4) is 0 Å². The molecular weight excluding hydrogens is 326 g/mol. The highest BCUT2D eigenvalue weighted by molar-refractivity contribution is 7.93. The number of hydrogen-bond donors (Lipinski definition) is 1. The number of ether oxygens (including phenoxy) is 1. The van der Waals surface area contributed by atoms with Gasteiger partial charge in [-0.3, -0.25) is 4.79 Å². The fraction of sp³-hybridized carbons (Fsp3) is 0.167. The van der Waals surface area contributed by atoms with Crippen LogP contribution in [0.15, 0.2) is 66.1 Å². The molecule has 0 radical (unpaired) electrons. The smallest absolute Gasteiger partial charge is 0.270 e. The summed E-state index contributed by atoms with van der Waals surface area (Å²) in [5.74, 6) is -0.756. The van der Waals surface area contributed by atoms with E-state index < -0.39 is 21.5 Å². The minimum atomic E-state index is -3.94. The van der Waals surface area contributed by atoms with E-state index in [-0.39, 0.29) is 0 Å². The second-order valence-corrected chi connectivity index (χ2v) is 6.86. The molecule has 2 aromatic carbocycles. The quantitative estimate of drug-likeness (QED) is 0.874. The van der Waals surface area contributed by atoms with E-state index in [0.29, 0.717) is 11.1 Å². The number of sulfonamides is 1. The molecule has 24 heavy (non-hydrogen) atoms. The molecule has 1 atom stereocenters. The number of amides is 1. The van der Waals surface area contributed by atoms with Crippen LogP contribution in [0.5, 0.6) is 0 Å². The Morgan fingerprint density at radius 2 is 1.58 bits per heavy atom. The third-order valence-corrected chi connectivity index (χ3v) is 4.60. The Kier molecular flexibility index (Phi) is 5.54. The highest BCUT2D eigenvalue weighted by Crippen LogP contribution is 2.25. The summed E-state index contributed by atoms with van der Waals surface area (Å²) in [6.07, 6.45) is 1.42. The predicted molar refractivity (Wildman–Crippen MR) is 93.3 cm³/mol. The largest absolute Gasteiger partial charge is 0.364 e. The summed E-state index contributed by atoms with van der Waals surface area (Å²) in [7, 11) is -2.58. The lowest BCUT2D eigenvalue weighted by Gasteiger charge is -2.26. The van der Waals surface area contributed by atoms with E-state index in [4.69, 9.17) is 4.74 Å². The van der Waals surface area contributed by atoms with Crippen LogP contribution in [0, 0.1) is 0 Å². The maximum Gasteiger partial charge on any atom is 0.270 e. The molecule has 0 fully saturated rings. The SMILES string of the molecule is CO[C@@](C)(C(=O)NS(=O)(=O)/C=C\c1ccccc1)c1ccccc1. The van der Waals surface area contributed by atoms with E-state index >= 15 is 0 Å². The first-order chi connectivity index (χ1) is 11.4. The first-order valence-electron chi connectivity index (χ1n) is 7.28. The normalized spacial score (nSPS) is 14.2. The number of nitrogens with one attached hydrogen (secondary N) is 1. The van der Waals surface area contributed by atoms with Crippen molar-refractivity contribution in [2.75, 3.05) is 7.11 Å². The molecule has 0 heterocycles. The molecule has 0 aromatic heterocycles. The monoisotopic (exact) mass is 345 g/mol. The van der Waals surface area contributed by atoms with Gasteiger partial charge in [-0.15, -0.1) is 0 Å². The molecule has 1 amide bonds. The zero-order valence-electron chi connectivity index (χ0n) is 13.5. The van der Waals surface area contributed by atoms with Gasteiger partial charge in [0.05, 0.1) is 5.41 Å². The van der Waals surface area contributed by atoms with Crippen molar-refractivity contribution in [2.45, 2.75) is 12.5 Å². The summed E-state index contributed by atoms with van der Waals surface area (Å²) in [6.45, 7) is 1.52. The molecule has 1 N–H and O–H groups in total. The van der Waals surface area contributed by atoms with Crippen LogP contribution in [0.1, 0.15) is 18.1 Å². The molecule has 0 aliphatic carbocycles.